The molecule has 1 aliphatic heterocycles. The first-order valence-corrected chi connectivity index (χ1v) is 6.42. The summed E-state index contributed by atoms with van der Waals surface area (Å²) in [6.45, 7) is 4.24. The van der Waals surface area contributed by atoms with E-state index in [4.69, 9.17) is 0 Å². The lowest BCUT2D eigenvalue weighted by molar-refractivity contribution is -0.116. The average Bonchev–Trinajstić information content (AvgIpc) is 2.35. The maximum atomic E-state index is 11.2. The van der Waals surface area contributed by atoms with E-state index in [2.05, 4.69) is 29.7 Å². The number of carbonyl (C=O) groups excluding carboxylic acids is 1. The molecule has 0 unspecified atom stereocenters. The van der Waals surface area contributed by atoms with Crippen LogP contribution in [0.2, 0.25) is 0 Å². The van der Waals surface area contributed by atoms with Gasteiger partial charge in [0.05, 0.1) is 0 Å². The van der Waals surface area contributed by atoms with Gasteiger partial charge in [-0.15, -0.1) is 0 Å². The third kappa shape index (κ3) is 3.30. The molecule has 2 rings (SSSR count). The molecule has 1 heterocycles. The van der Waals surface area contributed by atoms with E-state index in [1.165, 1.54) is 17.5 Å². The number of carbonyl (C=O) groups is 1. The molecule has 0 fully saturated rings. The summed E-state index contributed by atoms with van der Waals surface area (Å²) in [4.78, 5) is 11.2. The Kier molecular flexibility index (Phi) is 4.15. The normalized spacial score (nSPS) is 14.3. The summed E-state index contributed by atoms with van der Waals surface area (Å²) in [5.74, 6) is 0.136. The van der Waals surface area contributed by atoms with Crippen molar-refractivity contribution in [1.29, 1.82) is 0 Å². The fourth-order valence-electron chi connectivity index (χ4n) is 2.19. The number of aryl methyl sites for hydroxylation is 2. The van der Waals surface area contributed by atoms with Gasteiger partial charge in [0, 0.05) is 12.1 Å². The van der Waals surface area contributed by atoms with Crippen molar-refractivity contribution in [1.82, 2.24) is 5.32 Å². The summed E-state index contributed by atoms with van der Waals surface area (Å²) in [6.07, 6.45) is 3.77. The number of amides is 1. The van der Waals surface area contributed by atoms with Crippen LogP contribution in [-0.4, -0.2) is 19.0 Å². The summed E-state index contributed by atoms with van der Waals surface area (Å²) in [5.41, 5.74) is 3.65. The van der Waals surface area contributed by atoms with Crippen LogP contribution in [0.15, 0.2) is 18.2 Å². The second-order valence-corrected chi connectivity index (χ2v) is 4.50. The zero-order valence-corrected chi connectivity index (χ0v) is 10.4. The lowest BCUT2D eigenvalue weighted by Crippen LogP contribution is -2.19. The van der Waals surface area contributed by atoms with Gasteiger partial charge in [-0.25, -0.2) is 0 Å². The molecule has 1 aliphatic rings. The maximum Gasteiger partial charge on any atom is 0.224 e. The molecule has 0 aromatic heterocycles. The van der Waals surface area contributed by atoms with Crippen molar-refractivity contribution < 1.29 is 4.79 Å². The molecular weight excluding hydrogens is 212 g/mol. The van der Waals surface area contributed by atoms with Gasteiger partial charge < -0.3 is 10.6 Å². The van der Waals surface area contributed by atoms with Gasteiger partial charge in [-0.2, -0.15) is 0 Å². The molecule has 0 spiro atoms. The highest BCUT2D eigenvalue weighted by atomic mass is 16.1. The number of anilines is 1. The quantitative estimate of drug-likeness (QED) is 0.763. The van der Waals surface area contributed by atoms with Gasteiger partial charge in [-0.1, -0.05) is 19.1 Å². The van der Waals surface area contributed by atoms with Crippen LogP contribution < -0.4 is 10.6 Å². The third-order valence-corrected chi connectivity index (χ3v) is 3.13. The zero-order valence-electron chi connectivity index (χ0n) is 10.4. The smallest absolute Gasteiger partial charge is 0.224 e. The fraction of sp³-hybridized carbons (Fsp3) is 0.500. The van der Waals surface area contributed by atoms with E-state index in [0.717, 1.165) is 31.6 Å². The molecule has 92 valence electrons. The molecule has 3 heteroatoms. The van der Waals surface area contributed by atoms with Gasteiger partial charge in [-0.3, -0.25) is 4.79 Å². The highest BCUT2D eigenvalue weighted by Gasteiger charge is 2.14. The fourth-order valence-corrected chi connectivity index (χ4v) is 2.19. The predicted molar refractivity (Wildman–Crippen MR) is 70.3 cm³/mol. The molecular formula is C14H20N2O. The van der Waals surface area contributed by atoms with Crippen molar-refractivity contribution >= 4 is 11.6 Å². The lowest BCUT2D eigenvalue weighted by atomic mass is 9.98. The molecule has 0 saturated carbocycles. The summed E-state index contributed by atoms with van der Waals surface area (Å²) < 4.78 is 0. The number of hydrogen-bond donors (Lipinski definition) is 2. The van der Waals surface area contributed by atoms with E-state index < -0.39 is 0 Å². The predicted octanol–water partition coefficient (Wildman–Crippen LogP) is 2.11. The van der Waals surface area contributed by atoms with E-state index in [-0.39, 0.29) is 5.91 Å². The third-order valence-electron chi connectivity index (χ3n) is 3.13. The number of hydrogen-bond acceptors (Lipinski definition) is 2. The Balaban J connectivity index is 1.94. The number of nitrogens with one attached hydrogen (secondary N) is 2. The Morgan fingerprint density at radius 1 is 1.35 bits per heavy atom. The van der Waals surface area contributed by atoms with Gasteiger partial charge in [0.25, 0.3) is 0 Å². The van der Waals surface area contributed by atoms with Crippen LogP contribution in [0.1, 0.15) is 30.9 Å². The Bertz CT molecular complexity index is 401. The average molecular weight is 232 g/mol. The van der Waals surface area contributed by atoms with Crippen molar-refractivity contribution in [3.8, 4) is 0 Å². The molecule has 0 aliphatic carbocycles. The first-order valence-electron chi connectivity index (χ1n) is 6.42. The summed E-state index contributed by atoms with van der Waals surface area (Å²) >= 11 is 0. The Hall–Kier alpha value is -1.35. The van der Waals surface area contributed by atoms with E-state index in [1.807, 2.05) is 6.07 Å². The van der Waals surface area contributed by atoms with Gasteiger partial charge in [0.2, 0.25) is 5.91 Å². The van der Waals surface area contributed by atoms with Gasteiger partial charge >= 0.3 is 0 Å². The highest BCUT2D eigenvalue weighted by Crippen LogP contribution is 2.23. The first-order chi connectivity index (χ1) is 8.29. The zero-order chi connectivity index (χ0) is 12.1. The van der Waals surface area contributed by atoms with Crippen LogP contribution in [0, 0.1) is 0 Å². The van der Waals surface area contributed by atoms with Crippen molar-refractivity contribution in [2.45, 2.75) is 32.6 Å². The largest absolute Gasteiger partial charge is 0.326 e. The molecule has 17 heavy (non-hydrogen) atoms. The molecule has 1 amide bonds. The number of benzene rings is 1. The SMILES string of the molecule is CCNCCCc1ccc2c(c1)CCC(=O)N2. The minimum atomic E-state index is 0.136. The van der Waals surface area contributed by atoms with Crippen LogP contribution in [0.4, 0.5) is 5.69 Å². The molecule has 0 atom stereocenters. The Morgan fingerprint density at radius 2 is 2.24 bits per heavy atom. The minimum absolute atomic E-state index is 0.136. The number of fused-ring (bicyclic) bond motifs is 1. The monoisotopic (exact) mass is 232 g/mol. The lowest BCUT2D eigenvalue weighted by Gasteiger charge is -2.17. The second-order valence-electron chi connectivity index (χ2n) is 4.50. The summed E-state index contributed by atoms with van der Waals surface area (Å²) in [5, 5.41) is 6.24. The van der Waals surface area contributed by atoms with Crippen molar-refractivity contribution in [2.75, 3.05) is 18.4 Å². The van der Waals surface area contributed by atoms with Crippen LogP contribution in [0.3, 0.4) is 0 Å². The van der Waals surface area contributed by atoms with Crippen molar-refractivity contribution in [2.24, 2.45) is 0 Å². The molecule has 1 aromatic rings. The van der Waals surface area contributed by atoms with E-state index in [1.54, 1.807) is 0 Å². The van der Waals surface area contributed by atoms with Crippen LogP contribution in [0.25, 0.3) is 0 Å². The number of rotatable bonds is 5. The topological polar surface area (TPSA) is 41.1 Å². The van der Waals surface area contributed by atoms with Crippen LogP contribution >= 0.6 is 0 Å². The molecule has 1 aromatic carbocycles. The standard InChI is InChI=1S/C14H20N2O/c1-2-15-9-3-4-11-5-7-13-12(10-11)6-8-14(17)16-13/h5,7,10,15H,2-4,6,8-9H2,1H3,(H,16,17). The molecule has 0 bridgehead atoms. The molecule has 0 radical (unpaired) electrons. The summed E-state index contributed by atoms with van der Waals surface area (Å²) in [6, 6.07) is 6.39. The summed E-state index contributed by atoms with van der Waals surface area (Å²) in [7, 11) is 0. The first kappa shape index (κ1) is 12.1. The van der Waals surface area contributed by atoms with Crippen LogP contribution in [-0.2, 0) is 17.6 Å². The van der Waals surface area contributed by atoms with Crippen LogP contribution in [0.5, 0.6) is 0 Å². The van der Waals surface area contributed by atoms with E-state index >= 15 is 0 Å². The maximum absolute atomic E-state index is 11.2. The van der Waals surface area contributed by atoms with Gasteiger partial charge in [0.1, 0.15) is 0 Å². The molecule has 3 nitrogen and oxygen atoms in total. The molecule has 0 saturated heterocycles. The van der Waals surface area contributed by atoms with E-state index in [9.17, 15) is 4.79 Å². The minimum Gasteiger partial charge on any atom is -0.326 e. The van der Waals surface area contributed by atoms with Gasteiger partial charge in [-0.05, 0) is 49.5 Å². The van der Waals surface area contributed by atoms with Gasteiger partial charge in [0.15, 0.2) is 0 Å². The highest BCUT2D eigenvalue weighted by molar-refractivity contribution is 5.93. The second kappa shape index (κ2) is 5.82. The molecule has 2 N–H and O–H groups in total. The Morgan fingerprint density at radius 3 is 3.06 bits per heavy atom. The van der Waals surface area contributed by atoms with E-state index in [0.29, 0.717) is 6.42 Å². The Labute approximate surface area is 103 Å². The van der Waals surface area contributed by atoms with Crippen molar-refractivity contribution in [3.05, 3.63) is 29.3 Å². The van der Waals surface area contributed by atoms with Crippen molar-refractivity contribution in [3.63, 3.8) is 0 Å².